The molecule has 3 N–H and O–H groups in total. The molecule has 2 atom stereocenters. The zero-order chi connectivity index (χ0) is 11.5. The molecular weight excluding hydrogens is 222 g/mol. The van der Waals surface area contributed by atoms with E-state index in [1.54, 1.807) is 6.20 Å². The van der Waals surface area contributed by atoms with Gasteiger partial charge in [0.05, 0.1) is 0 Å². The highest BCUT2D eigenvalue weighted by Gasteiger charge is 2.26. The average molecular weight is 239 g/mol. The van der Waals surface area contributed by atoms with E-state index in [9.17, 15) is 0 Å². The van der Waals surface area contributed by atoms with Gasteiger partial charge in [0.1, 0.15) is 5.82 Å². The van der Waals surface area contributed by atoms with Crippen molar-refractivity contribution in [2.45, 2.75) is 25.1 Å². The number of aromatic nitrogens is 2. The van der Waals surface area contributed by atoms with Crippen molar-refractivity contribution in [3.63, 3.8) is 0 Å². The molecule has 6 heteroatoms. The monoisotopic (exact) mass is 239 g/mol. The van der Waals surface area contributed by atoms with Crippen LogP contribution >= 0.6 is 11.8 Å². The second-order valence-electron chi connectivity index (χ2n) is 3.89. The van der Waals surface area contributed by atoms with Crippen LogP contribution in [-0.2, 0) is 0 Å². The molecule has 88 valence electrons. The van der Waals surface area contributed by atoms with E-state index in [1.807, 2.05) is 17.8 Å². The fraction of sp³-hybridized carbons (Fsp3) is 0.600. The van der Waals surface area contributed by atoms with Gasteiger partial charge < -0.3 is 4.90 Å². The van der Waals surface area contributed by atoms with E-state index in [0.717, 1.165) is 18.1 Å². The number of anilines is 2. The lowest BCUT2D eigenvalue weighted by Gasteiger charge is -2.38. The Morgan fingerprint density at radius 2 is 2.38 bits per heavy atom. The number of rotatable bonds is 2. The van der Waals surface area contributed by atoms with Gasteiger partial charge in [0.2, 0.25) is 5.95 Å². The van der Waals surface area contributed by atoms with Crippen molar-refractivity contribution >= 4 is 23.5 Å². The summed E-state index contributed by atoms with van der Waals surface area (Å²) in [6.07, 6.45) is 1.73. The number of nitrogens with two attached hydrogens (primary N) is 1. The van der Waals surface area contributed by atoms with Crippen molar-refractivity contribution in [1.29, 1.82) is 0 Å². The summed E-state index contributed by atoms with van der Waals surface area (Å²) in [5.74, 6) is 7.87. The van der Waals surface area contributed by atoms with Crippen LogP contribution in [0.2, 0.25) is 0 Å². The van der Waals surface area contributed by atoms with Gasteiger partial charge in [-0.3, -0.25) is 5.43 Å². The molecule has 2 unspecified atom stereocenters. The van der Waals surface area contributed by atoms with Crippen LogP contribution in [0.4, 0.5) is 11.8 Å². The number of thioether (sulfide) groups is 1. The molecule has 0 bridgehead atoms. The molecule has 2 heterocycles. The first-order valence-corrected chi connectivity index (χ1v) is 6.45. The highest BCUT2D eigenvalue weighted by molar-refractivity contribution is 8.00. The highest BCUT2D eigenvalue weighted by Crippen LogP contribution is 2.27. The summed E-state index contributed by atoms with van der Waals surface area (Å²) in [6.45, 7) is 5.51. The van der Waals surface area contributed by atoms with Gasteiger partial charge in [-0.1, -0.05) is 6.92 Å². The Morgan fingerprint density at radius 3 is 3.12 bits per heavy atom. The van der Waals surface area contributed by atoms with Gasteiger partial charge in [-0.25, -0.2) is 10.8 Å². The lowest BCUT2D eigenvalue weighted by molar-refractivity contribution is 0.620. The zero-order valence-corrected chi connectivity index (χ0v) is 10.4. The molecule has 1 aromatic heterocycles. The van der Waals surface area contributed by atoms with E-state index >= 15 is 0 Å². The fourth-order valence-electron chi connectivity index (χ4n) is 1.84. The molecule has 1 aliphatic heterocycles. The Balaban J connectivity index is 2.21. The molecule has 0 amide bonds. The molecule has 16 heavy (non-hydrogen) atoms. The van der Waals surface area contributed by atoms with Crippen molar-refractivity contribution in [1.82, 2.24) is 9.97 Å². The van der Waals surface area contributed by atoms with Crippen molar-refractivity contribution in [2.24, 2.45) is 5.84 Å². The van der Waals surface area contributed by atoms with E-state index in [-0.39, 0.29) is 0 Å². The number of hydrogen-bond donors (Lipinski definition) is 2. The lowest BCUT2D eigenvalue weighted by Crippen LogP contribution is -2.45. The number of nitrogens with zero attached hydrogens (tertiary/aromatic N) is 3. The first-order chi connectivity index (χ1) is 7.72. The molecule has 1 saturated heterocycles. The maximum atomic E-state index is 5.31. The zero-order valence-electron chi connectivity index (χ0n) is 9.55. The Bertz CT molecular complexity index is 359. The van der Waals surface area contributed by atoms with Gasteiger partial charge in [0.25, 0.3) is 0 Å². The van der Waals surface area contributed by atoms with Crippen LogP contribution in [0.15, 0.2) is 12.3 Å². The molecule has 5 nitrogen and oxygen atoms in total. The summed E-state index contributed by atoms with van der Waals surface area (Å²) in [5.41, 5.74) is 2.48. The van der Waals surface area contributed by atoms with E-state index in [4.69, 9.17) is 5.84 Å². The minimum atomic E-state index is 0.468. The second kappa shape index (κ2) is 4.88. The van der Waals surface area contributed by atoms with Gasteiger partial charge in [0, 0.05) is 29.8 Å². The molecule has 2 rings (SSSR count). The fourth-order valence-corrected chi connectivity index (χ4v) is 2.93. The van der Waals surface area contributed by atoms with Crippen molar-refractivity contribution in [3.05, 3.63) is 12.3 Å². The summed E-state index contributed by atoms with van der Waals surface area (Å²) in [4.78, 5) is 10.7. The number of nitrogens with one attached hydrogen (secondary N) is 1. The number of hydrazine groups is 1. The van der Waals surface area contributed by atoms with E-state index in [2.05, 4.69) is 34.1 Å². The van der Waals surface area contributed by atoms with Crippen LogP contribution in [0.25, 0.3) is 0 Å². The van der Waals surface area contributed by atoms with E-state index in [1.165, 1.54) is 0 Å². The third-order valence-electron chi connectivity index (χ3n) is 2.95. The van der Waals surface area contributed by atoms with Crippen LogP contribution in [0.3, 0.4) is 0 Å². The summed E-state index contributed by atoms with van der Waals surface area (Å²) in [7, 11) is 0. The maximum absolute atomic E-state index is 5.31. The first-order valence-electron chi connectivity index (χ1n) is 5.40. The van der Waals surface area contributed by atoms with E-state index in [0.29, 0.717) is 17.2 Å². The van der Waals surface area contributed by atoms with E-state index < -0.39 is 0 Å². The van der Waals surface area contributed by atoms with Crippen molar-refractivity contribution in [3.8, 4) is 0 Å². The van der Waals surface area contributed by atoms with Gasteiger partial charge in [-0.2, -0.15) is 16.7 Å². The van der Waals surface area contributed by atoms with Crippen LogP contribution < -0.4 is 16.2 Å². The van der Waals surface area contributed by atoms with Crippen molar-refractivity contribution < 1.29 is 0 Å². The Hall–Kier alpha value is -1.01. The van der Waals surface area contributed by atoms with Crippen LogP contribution in [0, 0.1) is 0 Å². The van der Waals surface area contributed by atoms with Gasteiger partial charge in [0.15, 0.2) is 0 Å². The average Bonchev–Trinajstić information content (AvgIpc) is 2.33. The van der Waals surface area contributed by atoms with Crippen molar-refractivity contribution in [2.75, 3.05) is 22.6 Å². The molecule has 0 saturated carbocycles. The maximum Gasteiger partial charge on any atom is 0.239 e. The molecule has 1 aliphatic rings. The molecule has 0 aromatic carbocycles. The Kier molecular flexibility index (Phi) is 3.50. The SMILES string of the molecule is CC1SCCN(c2ccnc(NN)n2)C1C. The normalized spacial score (nSPS) is 25.6. The lowest BCUT2D eigenvalue weighted by atomic mass is 10.2. The molecule has 0 radical (unpaired) electrons. The van der Waals surface area contributed by atoms with Gasteiger partial charge in [-0.05, 0) is 13.0 Å². The van der Waals surface area contributed by atoms with Gasteiger partial charge >= 0.3 is 0 Å². The number of nitrogen functional groups attached to an aromatic ring is 1. The van der Waals surface area contributed by atoms with Gasteiger partial charge in [-0.15, -0.1) is 0 Å². The predicted octanol–water partition coefficient (Wildman–Crippen LogP) is 1.09. The molecule has 0 aliphatic carbocycles. The smallest absolute Gasteiger partial charge is 0.239 e. The standard InChI is InChI=1S/C10H17N5S/c1-7-8(2)16-6-5-15(7)9-3-4-12-10(13-9)14-11/h3-4,7-8H,5-6,11H2,1-2H3,(H,12,13,14). The van der Waals surface area contributed by atoms with Crippen LogP contribution in [0.1, 0.15) is 13.8 Å². The summed E-state index contributed by atoms with van der Waals surface area (Å²) >= 11 is 2.01. The summed E-state index contributed by atoms with van der Waals surface area (Å²) in [5, 5.41) is 0.623. The topological polar surface area (TPSA) is 67.1 Å². The minimum Gasteiger partial charge on any atom is -0.352 e. The number of hydrogen-bond acceptors (Lipinski definition) is 6. The largest absolute Gasteiger partial charge is 0.352 e. The Labute approximate surface area is 99.8 Å². The second-order valence-corrected chi connectivity index (χ2v) is 5.38. The third-order valence-corrected chi connectivity index (χ3v) is 4.29. The Morgan fingerprint density at radius 1 is 1.56 bits per heavy atom. The molecule has 0 spiro atoms. The first kappa shape index (κ1) is 11.5. The molecule has 1 aromatic rings. The summed E-state index contributed by atoms with van der Waals surface area (Å²) < 4.78 is 0. The highest BCUT2D eigenvalue weighted by atomic mass is 32.2. The third kappa shape index (κ3) is 2.22. The quantitative estimate of drug-likeness (QED) is 0.595. The molecule has 1 fully saturated rings. The predicted molar refractivity (Wildman–Crippen MR) is 68.6 cm³/mol. The molecular formula is C10H17N5S. The summed E-state index contributed by atoms with van der Waals surface area (Å²) in [6, 6.07) is 2.42. The minimum absolute atomic E-state index is 0.468. The van der Waals surface area contributed by atoms with Crippen LogP contribution in [0.5, 0.6) is 0 Å². The van der Waals surface area contributed by atoms with Crippen LogP contribution in [-0.4, -0.2) is 33.6 Å².